The summed E-state index contributed by atoms with van der Waals surface area (Å²) < 4.78 is 29.5. The summed E-state index contributed by atoms with van der Waals surface area (Å²) in [5, 5.41) is 50.9. The number of aliphatic hydroxyl groups is 2. The number of methoxy groups -OCH3 is 1. The predicted molar refractivity (Wildman–Crippen MR) is 211 cm³/mol. The number of hydrogen-bond donors (Lipinski definition) is 6. The fourth-order valence-electron chi connectivity index (χ4n) is 7.21. The van der Waals surface area contributed by atoms with Crippen molar-refractivity contribution in [1.29, 1.82) is 0 Å². The number of anilines is 1. The maximum Gasteiger partial charge on any atom is 0.312 e. The van der Waals surface area contributed by atoms with E-state index in [9.17, 15) is 39.6 Å². The number of benzene rings is 2. The number of hydrogen-bond acceptors (Lipinski definition) is 13. The molecular weight excluding hydrogens is 740 g/mol. The molecule has 312 valence electrons. The highest BCUT2D eigenvalue weighted by Crippen LogP contribution is 2.54. The molecule has 2 amide bonds. The van der Waals surface area contributed by atoms with Crippen LogP contribution in [-0.4, -0.2) is 94.5 Å². The molecule has 3 aliphatic rings. The van der Waals surface area contributed by atoms with Crippen molar-refractivity contribution in [2.75, 3.05) is 25.6 Å². The molecule has 0 saturated carbocycles. The smallest absolute Gasteiger partial charge is 0.312 e. The number of fused-ring (bicyclic) bond motifs is 14. The number of ether oxygens (including phenoxy) is 5. The van der Waals surface area contributed by atoms with Crippen LogP contribution in [0, 0.1) is 30.6 Å². The van der Waals surface area contributed by atoms with E-state index in [0.29, 0.717) is 13.0 Å². The molecule has 2 aromatic carbocycles. The Kier molecular flexibility index (Phi) is 14.4. The Bertz CT molecular complexity index is 1960. The minimum atomic E-state index is -2.02. The number of aromatic hydroxyl groups is 2. The number of nitrogens with one attached hydrogen (secondary N) is 2. The molecule has 5 bridgehead atoms. The Morgan fingerprint density at radius 2 is 1.67 bits per heavy atom. The van der Waals surface area contributed by atoms with Crippen LogP contribution in [0.5, 0.6) is 23.0 Å². The van der Waals surface area contributed by atoms with Crippen molar-refractivity contribution in [3.05, 3.63) is 53.3 Å². The van der Waals surface area contributed by atoms with Crippen LogP contribution in [0.25, 0.3) is 10.8 Å². The van der Waals surface area contributed by atoms with Gasteiger partial charge in [-0.05, 0) is 26.3 Å². The normalized spacial score (nSPS) is 30.4. The van der Waals surface area contributed by atoms with Crippen LogP contribution in [0.3, 0.4) is 0 Å². The zero-order chi connectivity index (χ0) is 42.5. The van der Waals surface area contributed by atoms with Gasteiger partial charge in [0.05, 0.1) is 41.2 Å². The molecule has 0 fully saturated rings. The van der Waals surface area contributed by atoms with Crippen LogP contribution in [0.1, 0.15) is 77.7 Å². The Morgan fingerprint density at radius 1 is 0.982 bits per heavy atom. The van der Waals surface area contributed by atoms with Crippen molar-refractivity contribution in [3.8, 4) is 23.0 Å². The molecule has 9 atom stereocenters. The van der Waals surface area contributed by atoms with Gasteiger partial charge in [0.15, 0.2) is 12.4 Å². The van der Waals surface area contributed by atoms with Crippen LogP contribution >= 0.6 is 0 Å². The van der Waals surface area contributed by atoms with E-state index < -0.39 is 95.5 Å². The van der Waals surface area contributed by atoms with Crippen molar-refractivity contribution in [3.63, 3.8) is 0 Å². The first-order valence-corrected chi connectivity index (χ1v) is 19.0. The average molecular weight is 797 g/mol. The van der Waals surface area contributed by atoms with Gasteiger partial charge >= 0.3 is 11.8 Å². The highest BCUT2D eigenvalue weighted by Gasteiger charge is 2.49. The van der Waals surface area contributed by atoms with Gasteiger partial charge in [-0.1, -0.05) is 52.8 Å². The van der Waals surface area contributed by atoms with Gasteiger partial charge in [0.2, 0.25) is 0 Å². The van der Waals surface area contributed by atoms with Gasteiger partial charge in [-0.15, -0.1) is 0 Å². The van der Waals surface area contributed by atoms with E-state index in [4.69, 9.17) is 23.7 Å². The Hall–Kier alpha value is -5.12. The number of phenolic OH excluding ortho intramolecular Hbond substituents is 2. The highest BCUT2D eigenvalue weighted by molar-refractivity contribution is 6.21. The van der Waals surface area contributed by atoms with Gasteiger partial charge < -0.3 is 54.7 Å². The summed E-state index contributed by atoms with van der Waals surface area (Å²) >= 11 is 0. The van der Waals surface area contributed by atoms with E-state index in [1.54, 1.807) is 39.8 Å². The van der Waals surface area contributed by atoms with Crippen molar-refractivity contribution < 1.29 is 63.3 Å². The zero-order valence-electron chi connectivity index (χ0n) is 34.2. The maximum absolute atomic E-state index is 14.4. The summed E-state index contributed by atoms with van der Waals surface area (Å²) in [4.78, 5) is 52.8. The number of phenols is 2. The number of esters is 1. The zero-order valence-corrected chi connectivity index (χ0v) is 34.2. The number of amides is 2. The molecule has 0 aromatic heterocycles. The van der Waals surface area contributed by atoms with E-state index in [-0.39, 0.29) is 44.7 Å². The van der Waals surface area contributed by atoms with Gasteiger partial charge in [0.1, 0.15) is 23.4 Å². The topological polar surface area (TPSA) is 219 Å². The minimum absolute atomic E-state index is 0.0617. The standard InChI is InChI=1S/C42H56N2O13/c1-11-16-43-30(46)19-54-29-18-27-37(50)32-31(29)33-39(25(7)36(32)49)57-42(9,40(33)51)55-17-15-28(53-10)22(4)38(56-26(8)45)24(6)35(48)23(5)34(47)20(2)13-12-14-21(3)41(52)44-27/h12-15,17-18,20,22-24,28,34-35,38,47-50H,11,16,19H2,1-10H3,(H,43,46)(H,44,52)/b13-12+,17-15+,21-14-. The molecule has 3 aliphatic heterocycles. The lowest BCUT2D eigenvalue weighted by Gasteiger charge is -2.38. The van der Waals surface area contributed by atoms with Gasteiger partial charge in [-0.25, -0.2) is 0 Å². The lowest BCUT2D eigenvalue weighted by atomic mass is 9.78. The number of allylic oxidation sites excluding steroid dienone is 2. The number of carbonyl (C=O) groups excluding carboxylic acids is 4. The quantitative estimate of drug-likeness (QED) is 0.162. The second kappa shape index (κ2) is 18.4. The fraction of sp³-hybridized carbons (Fsp3) is 0.524. The van der Waals surface area contributed by atoms with Crippen LogP contribution in [-0.2, 0) is 28.6 Å². The van der Waals surface area contributed by atoms with Crippen molar-refractivity contribution in [2.45, 2.75) is 98.9 Å². The lowest BCUT2D eigenvalue weighted by Crippen LogP contribution is -2.46. The Balaban J connectivity index is 1.92. The monoisotopic (exact) mass is 796 g/mol. The van der Waals surface area contributed by atoms with Gasteiger partial charge in [-0.2, -0.15) is 0 Å². The molecule has 57 heavy (non-hydrogen) atoms. The highest BCUT2D eigenvalue weighted by atomic mass is 16.7. The summed E-state index contributed by atoms with van der Waals surface area (Å²) in [6, 6.07) is 1.25. The molecule has 6 N–H and O–H groups in total. The van der Waals surface area contributed by atoms with E-state index in [2.05, 4.69) is 10.6 Å². The van der Waals surface area contributed by atoms with Crippen molar-refractivity contribution in [2.24, 2.45) is 23.7 Å². The fourth-order valence-corrected chi connectivity index (χ4v) is 7.21. The molecule has 2 aromatic rings. The van der Waals surface area contributed by atoms with E-state index in [1.165, 1.54) is 59.3 Å². The Labute approximate surface area is 332 Å². The second-order valence-electron chi connectivity index (χ2n) is 15.0. The summed E-state index contributed by atoms with van der Waals surface area (Å²) in [6.45, 7) is 14.3. The number of carbonyl (C=O) groups is 4. The molecule has 0 saturated heterocycles. The third-order valence-corrected chi connectivity index (χ3v) is 10.8. The van der Waals surface area contributed by atoms with Crippen LogP contribution in [0.15, 0.2) is 42.2 Å². The van der Waals surface area contributed by atoms with Gasteiger partial charge in [0.25, 0.3) is 17.6 Å². The summed E-state index contributed by atoms with van der Waals surface area (Å²) in [7, 11) is 1.43. The lowest BCUT2D eigenvalue weighted by molar-refractivity contribution is -0.160. The maximum atomic E-state index is 14.4. The summed E-state index contributed by atoms with van der Waals surface area (Å²) in [5.41, 5.74) is -0.0261. The number of ketones is 1. The minimum Gasteiger partial charge on any atom is -0.507 e. The molecule has 0 aliphatic carbocycles. The molecule has 5 rings (SSSR count). The first kappa shape index (κ1) is 44.6. The van der Waals surface area contributed by atoms with Crippen molar-refractivity contribution >= 4 is 40.0 Å². The molecule has 9 unspecified atom stereocenters. The van der Waals surface area contributed by atoms with E-state index in [1.807, 2.05) is 6.92 Å². The average Bonchev–Trinajstić information content (AvgIpc) is 3.44. The number of Topliss-reactive ketones (excluding diaryl/α,β-unsaturated/α-hetero) is 1. The van der Waals surface area contributed by atoms with Gasteiger partial charge in [0, 0.05) is 73.8 Å². The third-order valence-electron chi connectivity index (χ3n) is 10.8. The third kappa shape index (κ3) is 9.37. The molecular formula is C42H56N2O13. The van der Waals surface area contributed by atoms with E-state index >= 15 is 0 Å². The van der Waals surface area contributed by atoms with Crippen molar-refractivity contribution in [1.82, 2.24) is 5.32 Å². The number of aliphatic hydroxyl groups excluding tert-OH is 2. The number of rotatable bonds is 7. The van der Waals surface area contributed by atoms with Crippen LogP contribution < -0.4 is 20.1 Å². The summed E-state index contributed by atoms with van der Waals surface area (Å²) in [6.07, 6.45) is 4.25. The molecule has 15 nitrogen and oxygen atoms in total. The second-order valence-corrected chi connectivity index (χ2v) is 15.0. The molecule has 0 spiro atoms. The SMILES string of the molecule is CCCNC(=O)COc1cc2c(O)c3c(O)c(C)c4c(c13)C(=O)C(C)(O/C=C/C(OC)C(C)C(OC(C)=O)C(C)C(O)C(C)C(O)C(C)/C=C/C=C(/C)C(=O)N2)O4. The first-order valence-electron chi connectivity index (χ1n) is 19.0. The first-order chi connectivity index (χ1) is 26.8. The largest absolute Gasteiger partial charge is 0.507 e. The van der Waals surface area contributed by atoms with Gasteiger partial charge in [-0.3, -0.25) is 19.2 Å². The summed E-state index contributed by atoms with van der Waals surface area (Å²) in [5.74, 6) is -8.15. The predicted octanol–water partition coefficient (Wildman–Crippen LogP) is 4.95. The molecule has 3 heterocycles. The Morgan fingerprint density at radius 3 is 2.30 bits per heavy atom. The molecule has 0 radical (unpaired) electrons. The van der Waals surface area contributed by atoms with Crippen LogP contribution in [0.2, 0.25) is 0 Å². The molecule has 15 heteroatoms. The van der Waals surface area contributed by atoms with E-state index in [0.717, 1.165) is 0 Å². The van der Waals surface area contributed by atoms with Crippen LogP contribution in [0.4, 0.5) is 5.69 Å².